The Morgan fingerprint density at radius 3 is 2.65 bits per heavy atom. The summed E-state index contributed by atoms with van der Waals surface area (Å²) in [5, 5.41) is 3.15. The van der Waals surface area contributed by atoms with Crippen LogP contribution in [0.25, 0.3) is 0 Å². The van der Waals surface area contributed by atoms with Crippen LogP contribution in [0.1, 0.15) is 32.3 Å². The number of piperidine rings is 1. The van der Waals surface area contributed by atoms with Gasteiger partial charge in [-0.2, -0.15) is 0 Å². The molecule has 1 aromatic rings. The summed E-state index contributed by atoms with van der Waals surface area (Å²) in [5.74, 6) is 1.85. The molecule has 2 rings (SSSR count). The van der Waals surface area contributed by atoms with Gasteiger partial charge in [-0.3, -0.25) is 4.90 Å². The van der Waals surface area contributed by atoms with Gasteiger partial charge in [-0.1, -0.05) is 19.1 Å². The Balaban J connectivity index is 1.72. The second-order valence-corrected chi connectivity index (χ2v) is 6.04. The van der Waals surface area contributed by atoms with E-state index in [0.29, 0.717) is 6.04 Å². The van der Waals surface area contributed by atoms with Gasteiger partial charge in [0.1, 0.15) is 12.4 Å². The summed E-state index contributed by atoms with van der Waals surface area (Å²) < 4.78 is 5.85. The Bertz CT molecular complexity index is 390. The fourth-order valence-electron chi connectivity index (χ4n) is 2.98. The van der Waals surface area contributed by atoms with Crippen LogP contribution in [-0.2, 0) is 6.54 Å². The highest BCUT2D eigenvalue weighted by Crippen LogP contribution is 2.21. The van der Waals surface area contributed by atoms with Gasteiger partial charge < -0.3 is 10.1 Å². The molecule has 1 aromatic carbocycles. The number of nitrogens with one attached hydrogen (secondary N) is 1. The molecule has 1 aliphatic rings. The summed E-state index contributed by atoms with van der Waals surface area (Å²) in [4.78, 5) is 2.55. The number of hydrogen-bond acceptors (Lipinski definition) is 3. The normalized spacial score (nSPS) is 23.8. The third-order valence-corrected chi connectivity index (χ3v) is 4.23. The Morgan fingerprint density at radius 1 is 1.25 bits per heavy atom. The maximum atomic E-state index is 5.85. The third-order valence-electron chi connectivity index (χ3n) is 4.23. The van der Waals surface area contributed by atoms with Crippen LogP contribution in [0.5, 0.6) is 5.75 Å². The van der Waals surface area contributed by atoms with Gasteiger partial charge in [0.25, 0.3) is 0 Å². The van der Waals surface area contributed by atoms with Crippen molar-refractivity contribution in [1.29, 1.82) is 0 Å². The maximum absolute atomic E-state index is 5.85. The molecule has 0 spiro atoms. The SMILES string of the molecule is CNCc1ccc(OCCN2CCC(C)CC2C)cc1. The van der Waals surface area contributed by atoms with Crippen molar-refractivity contribution in [3.8, 4) is 5.75 Å². The Labute approximate surface area is 123 Å². The number of rotatable bonds is 6. The summed E-state index contributed by atoms with van der Waals surface area (Å²) in [6.45, 7) is 8.63. The summed E-state index contributed by atoms with van der Waals surface area (Å²) in [6.07, 6.45) is 2.64. The zero-order chi connectivity index (χ0) is 14.4. The van der Waals surface area contributed by atoms with Gasteiger partial charge in [-0.15, -0.1) is 0 Å². The molecule has 1 N–H and O–H groups in total. The first-order valence-corrected chi connectivity index (χ1v) is 7.79. The van der Waals surface area contributed by atoms with Crippen LogP contribution < -0.4 is 10.1 Å². The van der Waals surface area contributed by atoms with Gasteiger partial charge in [0.15, 0.2) is 0 Å². The van der Waals surface area contributed by atoms with E-state index in [0.717, 1.165) is 31.4 Å². The molecular formula is C17H28N2O. The van der Waals surface area contributed by atoms with E-state index in [9.17, 15) is 0 Å². The second-order valence-electron chi connectivity index (χ2n) is 6.04. The van der Waals surface area contributed by atoms with Crippen molar-refractivity contribution in [1.82, 2.24) is 10.2 Å². The summed E-state index contributed by atoms with van der Waals surface area (Å²) >= 11 is 0. The van der Waals surface area contributed by atoms with Crippen LogP contribution in [0, 0.1) is 5.92 Å². The van der Waals surface area contributed by atoms with E-state index < -0.39 is 0 Å². The lowest BCUT2D eigenvalue weighted by atomic mass is 9.93. The summed E-state index contributed by atoms with van der Waals surface area (Å²) in [6, 6.07) is 9.07. The molecule has 1 fully saturated rings. The average Bonchev–Trinajstić information content (AvgIpc) is 2.43. The molecule has 1 aliphatic heterocycles. The van der Waals surface area contributed by atoms with Crippen molar-refractivity contribution in [3.05, 3.63) is 29.8 Å². The van der Waals surface area contributed by atoms with Gasteiger partial charge >= 0.3 is 0 Å². The molecular weight excluding hydrogens is 248 g/mol. The molecule has 1 saturated heterocycles. The van der Waals surface area contributed by atoms with Crippen molar-refractivity contribution in [2.24, 2.45) is 5.92 Å². The highest BCUT2D eigenvalue weighted by atomic mass is 16.5. The molecule has 0 bridgehead atoms. The molecule has 0 aliphatic carbocycles. The minimum atomic E-state index is 0.695. The minimum absolute atomic E-state index is 0.695. The second kappa shape index (κ2) is 7.65. The fourth-order valence-corrected chi connectivity index (χ4v) is 2.98. The van der Waals surface area contributed by atoms with Crippen LogP contribution in [0.3, 0.4) is 0 Å². The highest BCUT2D eigenvalue weighted by molar-refractivity contribution is 5.27. The minimum Gasteiger partial charge on any atom is -0.492 e. The van der Waals surface area contributed by atoms with Gasteiger partial charge in [0.05, 0.1) is 0 Å². The zero-order valence-corrected chi connectivity index (χ0v) is 13.1. The molecule has 20 heavy (non-hydrogen) atoms. The third kappa shape index (κ3) is 4.50. The summed E-state index contributed by atoms with van der Waals surface area (Å²) in [7, 11) is 1.96. The zero-order valence-electron chi connectivity index (χ0n) is 13.1. The van der Waals surface area contributed by atoms with Crippen molar-refractivity contribution >= 4 is 0 Å². The van der Waals surface area contributed by atoms with E-state index in [1.807, 2.05) is 7.05 Å². The number of ether oxygens (including phenoxy) is 1. The molecule has 0 amide bonds. The Morgan fingerprint density at radius 2 is 2.00 bits per heavy atom. The van der Waals surface area contributed by atoms with Crippen LogP contribution in [-0.4, -0.2) is 37.7 Å². The Kier molecular flexibility index (Phi) is 5.86. The standard InChI is InChI=1S/C17H28N2O/c1-14-8-9-19(15(2)12-14)10-11-20-17-6-4-16(5-7-17)13-18-3/h4-7,14-15,18H,8-13H2,1-3H3. The van der Waals surface area contributed by atoms with Crippen molar-refractivity contribution < 1.29 is 4.74 Å². The molecule has 2 unspecified atom stereocenters. The molecule has 3 nitrogen and oxygen atoms in total. The molecule has 1 heterocycles. The highest BCUT2D eigenvalue weighted by Gasteiger charge is 2.22. The fraction of sp³-hybridized carbons (Fsp3) is 0.647. The smallest absolute Gasteiger partial charge is 0.119 e. The first-order chi connectivity index (χ1) is 9.69. The van der Waals surface area contributed by atoms with Gasteiger partial charge in [0, 0.05) is 19.1 Å². The average molecular weight is 276 g/mol. The summed E-state index contributed by atoms with van der Waals surface area (Å²) in [5.41, 5.74) is 1.29. The van der Waals surface area contributed by atoms with E-state index >= 15 is 0 Å². The van der Waals surface area contributed by atoms with Crippen molar-refractivity contribution in [3.63, 3.8) is 0 Å². The molecule has 0 aromatic heterocycles. The molecule has 0 radical (unpaired) electrons. The van der Waals surface area contributed by atoms with Crippen LogP contribution in [0.4, 0.5) is 0 Å². The van der Waals surface area contributed by atoms with E-state index in [2.05, 4.69) is 48.3 Å². The first-order valence-electron chi connectivity index (χ1n) is 7.79. The maximum Gasteiger partial charge on any atom is 0.119 e. The molecule has 2 atom stereocenters. The quantitative estimate of drug-likeness (QED) is 0.864. The molecule has 112 valence electrons. The largest absolute Gasteiger partial charge is 0.492 e. The predicted molar refractivity (Wildman–Crippen MR) is 84.1 cm³/mol. The number of hydrogen-bond donors (Lipinski definition) is 1. The van der Waals surface area contributed by atoms with E-state index in [1.54, 1.807) is 0 Å². The first kappa shape index (κ1) is 15.3. The molecule has 0 saturated carbocycles. The number of benzene rings is 1. The Hall–Kier alpha value is -1.06. The lowest BCUT2D eigenvalue weighted by molar-refractivity contribution is 0.109. The predicted octanol–water partition coefficient (Wildman–Crippen LogP) is 2.91. The van der Waals surface area contributed by atoms with Crippen LogP contribution in [0.2, 0.25) is 0 Å². The topological polar surface area (TPSA) is 24.5 Å². The van der Waals surface area contributed by atoms with Gasteiger partial charge in [0.2, 0.25) is 0 Å². The number of nitrogens with zero attached hydrogens (tertiary/aromatic N) is 1. The van der Waals surface area contributed by atoms with E-state index in [4.69, 9.17) is 4.74 Å². The monoisotopic (exact) mass is 276 g/mol. The van der Waals surface area contributed by atoms with Gasteiger partial charge in [-0.25, -0.2) is 0 Å². The van der Waals surface area contributed by atoms with Crippen molar-refractivity contribution in [2.75, 3.05) is 26.7 Å². The van der Waals surface area contributed by atoms with Crippen LogP contribution >= 0.6 is 0 Å². The van der Waals surface area contributed by atoms with Gasteiger partial charge in [-0.05, 0) is 57.0 Å². The lowest BCUT2D eigenvalue weighted by Crippen LogP contribution is -2.42. The van der Waals surface area contributed by atoms with Crippen LogP contribution in [0.15, 0.2) is 24.3 Å². The number of likely N-dealkylation sites (tertiary alicyclic amines) is 1. The van der Waals surface area contributed by atoms with Crippen molar-refractivity contribution in [2.45, 2.75) is 39.3 Å². The van der Waals surface area contributed by atoms with E-state index in [-0.39, 0.29) is 0 Å². The molecule has 3 heteroatoms. The van der Waals surface area contributed by atoms with E-state index in [1.165, 1.54) is 24.9 Å². The lowest BCUT2D eigenvalue weighted by Gasteiger charge is -2.36.